The second-order valence-corrected chi connectivity index (χ2v) is 5.45. The van der Waals surface area contributed by atoms with Crippen LogP contribution in [0.25, 0.3) is 0 Å². The number of sulfone groups is 1. The van der Waals surface area contributed by atoms with E-state index in [1.165, 1.54) is 0 Å². The molecule has 1 heterocycles. The van der Waals surface area contributed by atoms with E-state index in [4.69, 9.17) is 0 Å². The highest BCUT2D eigenvalue weighted by Crippen LogP contribution is 2.19. The number of thiol groups is 1. The summed E-state index contributed by atoms with van der Waals surface area (Å²) in [5.41, 5.74) is 0. The van der Waals surface area contributed by atoms with E-state index in [0.29, 0.717) is 17.4 Å². The summed E-state index contributed by atoms with van der Waals surface area (Å²) in [6, 6.07) is 0. The van der Waals surface area contributed by atoms with Crippen LogP contribution in [0.15, 0.2) is 0 Å². The average Bonchev–Trinajstić information content (AvgIpc) is 1.88. The van der Waals surface area contributed by atoms with Gasteiger partial charge in [-0.15, -0.1) is 0 Å². The molecule has 1 aliphatic heterocycles. The highest BCUT2D eigenvalue weighted by Gasteiger charge is 2.21. The van der Waals surface area contributed by atoms with Gasteiger partial charge in [-0.05, 0) is 24.5 Å². The van der Waals surface area contributed by atoms with Crippen molar-refractivity contribution in [3.63, 3.8) is 0 Å². The molecule has 1 aliphatic rings. The molecule has 0 aromatic carbocycles. The van der Waals surface area contributed by atoms with Crippen LogP contribution in [-0.2, 0) is 9.84 Å². The lowest BCUT2D eigenvalue weighted by Crippen LogP contribution is -2.23. The summed E-state index contributed by atoms with van der Waals surface area (Å²) < 4.78 is 21.8. The predicted octanol–water partition coefficient (Wildman–Crippen LogP) is 0.741. The van der Waals surface area contributed by atoms with Crippen molar-refractivity contribution in [2.45, 2.75) is 12.8 Å². The van der Waals surface area contributed by atoms with Crippen LogP contribution in [0.1, 0.15) is 12.8 Å². The maximum atomic E-state index is 10.9. The molecule has 0 bridgehead atoms. The van der Waals surface area contributed by atoms with E-state index < -0.39 is 9.84 Å². The normalized spacial score (nSPS) is 26.5. The Morgan fingerprint density at radius 2 is 1.80 bits per heavy atom. The SMILES string of the molecule is O=S1(=O)CCC(CS)CC1. The Hall–Kier alpha value is 0.300. The van der Waals surface area contributed by atoms with Gasteiger partial charge in [-0.1, -0.05) is 0 Å². The Bertz CT molecular complexity index is 182. The van der Waals surface area contributed by atoms with Crippen LogP contribution in [0.4, 0.5) is 0 Å². The van der Waals surface area contributed by atoms with Crippen LogP contribution in [0.2, 0.25) is 0 Å². The summed E-state index contributed by atoms with van der Waals surface area (Å²) in [6.45, 7) is 0. The molecule has 60 valence electrons. The molecule has 0 unspecified atom stereocenters. The van der Waals surface area contributed by atoms with Crippen LogP contribution >= 0.6 is 12.6 Å². The minimum atomic E-state index is -2.66. The second-order valence-electron chi connectivity index (χ2n) is 2.78. The smallest absolute Gasteiger partial charge is 0.150 e. The molecule has 1 saturated heterocycles. The highest BCUT2D eigenvalue weighted by atomic mass is 32.2. The van der Waals surface area contributed by atoms with Gasteiger partial charge >= 0.3 is 0 Å². The molecule has 0 N–H and O–H groups in total. The highest BCUT2D eigenvalue weighted by molar-refractivity contribution is 7.91. The Kier molecular flexibility index (Phi) is 2.63. The van der Waals surface area contributed by atoms with Gasteiger partial charge < -0.3 is 0 Å². The van der Waals surface area contributed by atoms with E-state index in [9.17, 15) is 8.42 Å². The van der Waals surface area contributed by atoms with Gasteiger partial charge in [0, 0.05) is 0 Å². The van der Waals surface area contributed by atoms with Crippen LogP contribution in [0.3, 0.4) is 0 Å². The zero-order chi connectivity index (χ0) is 7.61. The third kappa shape index (κ3) is 2.16. The van der Waals surface area contributed by atoms with Gasteiger partial charge in [-0.3, -0.25) is 0 Å². The van der Waals surface area contributed by atoms with Gasteiger partial charge in [0.05, 0.1) is 11.5 Å². The summed E-state index contributed by atoms with van der Waals surface area (Å²) in [5.74, 6) is 2.11. The number of rotatable bonds is 1. The van der Waals surface area contributed by atoms with Crippen LogP contribution < -0.4 is 0 Å². The topological polar surface area (TPSA) is 34.1 Å². The van der Waals surface area contributed by atoms with Crippen molar-refractivity contribution in [2.75, 3.05) is 17.3 Å². The second kappa shape index (κ2) is 3.13. The van der Waals surface area contributed by atoms with Gasteiger partial charge in [-0.25, -0.2) is 8.42 Å². The number of hydrogen-bond donors (Lipinski definition) is 1. The first-order chi connectivity index (χ1) is 4.64. The lowest BCUT2D eigenvalue weighted by atomic mass is 10.1. The molecule has 1 fully saturated rings. The molecular formula is C6H12O2S2. The molecule has 0 saturated carbocycles. The summed E-state index contributed by atoms with van der Waals surface area (Å²) in [7, 11) is -2.66. The van der Waals surface area contributed by atoms with E-state index in [2.05, 4.69) is 12.6 Å². The molecule has 0 spiro atoms. The van der Waals surface area contributed by atoms with Crippen molar-refractivity contribution in [3.8, 4) is 0 Å². The third-order valence-corrected chi connectivity index (χ3v) is 4.16. The maximum Gasteiger partial charge on any atom is 0.150 e. The van der Waals surface area contributed by atoms with Crippen LogP contribution in [0, 0.1) is 5.92 Å². The largest absolute Gasteiger partial charge is 0.229 e. The molecule has 0 amide bonds. The quantitative estimate of drug-likeness (QED) is 0.604. The zero-order valence-electron chi connectivity index (χ0n) is 5.78. The fourth-order valence-electron chi connectivity index (χ4n) is 1.12. The first kappa shape index (κ1) is 8.40. The Labute approximate surface area is 67.3 Å². The van der Waals surface area contributed by atoms with Crippen molar-refractivity contribution >= 4 is 22.5 Å². The fourth-order valence-corrected chi connectivity index (χ4v) is 3.08. The van der Waals surface area contributed by atoms with E-state index >= 15 is 0 Å². The molecule has 4 heteroatoms. The van der Waals surface area contributed by atoms with Crippen LogP contribution in [-0.4, -0.2) is 25.7 Å². The van der Waals surface area contributed by atoms with E-state index in [1.54, 1.807) is 0 Å². The molecule has 0 atom stereocenters. The Morgan fingerprint density at radius 1 is 1.30 bits per heavy atom. The molecule has 1 rings (SSSR count). The standard InChI is InChI=1S/C6H12O2S2/c7-10(8)3-1-6(5-9)2-4-10/h6,9H,1-5H2. The zero-order valence-corrected chi connectivity index (χ0v) is 7.50. The summed E-state index contributed by atoms with van der Waals surface area (Å²) in [6.07, 6.45) is 1.62. The maximum absolute atomic E-state index is 10.9. The molecule has 2 nitrogen and oxygen atoms in total. The summed E-state index contributed by atoms with van der Waals surface area (Å²) in [4.78, 5) is 0. The lowest BCUT2D eigenvalue weighted by Gasteiger charge is -2.19. The van der Waals surface area contributed by atoms with Gasteiger partial charge in [0.1, 0.15) is 9.84 Å². The molecule has 10 heavy (non-hydrogen) atoms. The van der Waals surface area contributed by atoms with Crippen LogP contribution in [0.5, 0.6) is 0 Å². The summed E-state index contributed by atoms with van der Waals surface area (Å²) >= 11 is 4.13. The first-order valence-corrected chi connectivity index (χ1v) is 5.91. The van der Waals surface area contributed by atoms with Crippen molar-refractivity contribution < 1.29 is 8.42 Å². The Morgan fingerprint density at radius 3 is 2.20 bits per heavy atom. The van der Waals surface area contributed by atoms with E-state index in [0.717, 1.165) is 18.6 Å². The van der Waals surface area contributed by atoms with Gasteiger partial charge in [0.15, 0.2) is 0 Å². The molecular weight excluding hydrogens is 168 g/mol. The lowest BCUT2D eigenvalue weighted by molar-refractivity contribution is 0.507. The minimum absolute atomic E-state index is 0.373. The third-order valence-electron chi connectivity index (χ3n) is 1.93. The van der Waals surface area contributed by atoms with Gasteiger partial charge in [0.25, 0.3) is 0 Å². The Balaban J connectivity index is 2.46. The molecule has 0 aliphatic carbocycles. The molecule has 0 aromatic heterocycles. The van der Waals surface area contributed by atoms with E-state index in [1.807, 2.05) is 0 Å². The minimum Gasteiger partial charge on any atom is -0.229 e. The van der Waals surface area contributed by atoms with Gasteiger partial charge in [0.2, 0.25) is 0 Å². The van der Waals surface area contributed by atoms with Crippen molar-refractivity contribution in [3.05, 3.63) is 0 Å². The number of hydrogen-bond acceptors (Lipinski definition) is 3. The fraction of sp³-hybridized carbons (Fsp3) is 1.00. The van der Waals surface area contributed by atoms with E-state index in [-0.39, 0.29) is 0 Å². The summed E-state index contributed by atoms with van der Waals surface area (Å²) in [5, 5.41) is 0. The monoisotopic (exact) mass is 180 g/mol. The first-order valence-electron chi connectivity index (χ1n) is 3.45. The molecule has 0 aromatic rings. The van der Waals surface area contributed by atoms with Crippen molar-refractivity contribution in [1.29, 1.82) is 0 Å². The van der Waals surface area contributed by atoms with Gasteiger partial charge in [-0.2, -0.15) is 12.6 Å². The molecule has 0 radical (unpaired) electrons. The average molecular weight is 180 g/mol. The van der Waals surface area contributed by atoms with Crippen molar-refractivity contribution in [2.24, 2.45) is 5.92 Å². The predicted molar refractivity (Wildman–Crippen MR) is 45.2 cm³/mol. The van der Waals surface area contributed by atoms with Crippen molar-refractivity contribution in [1.82, 2.24) is 0 Å².